The molecular weight excluding hydrogens is 416 g/mol. The Labute approximate surface area is 177 Å². The van der Waals surface area contributed by atoms with Crippen molar-refractivity contribution < 1.29 is 29.7 Å². The minimum Gasteiger partial charge on any atom is -0.508 e. The molecule has 1 fully saturated rings. The van der Waals surface area contributed by atoms with Crippen LogP contribution in [0.25, 0.3) is 6.08 Å². The Balaban J connectivity index is 1.95. The quantitative estimate of drug-likeness (QED) is 0.263. The van der Waals surface area contributed by atoms with Gasteiger partial charge in [0.2, 0.25) is 5.91 Å². The molecule has 2 rings (SSSR count). The number of amides is 2. The number of carboxylic acid groups (broad SMARTS) is 1. The van der Waals surface area contributed by atoms with Crippen LogP contribution in [0.5, 0.6) is 11.5 Å². The van der Waals surface area contributed by atoms with E-state index in [1.807, 2.05) is 0 Å². The number of hydrogen-bond acceptors (Lipinski definition) is 7. The predicted molar refractivity (Wildman–Crippen MR) is 113 cm³/mol. The van der Waals surface area contributed by atoms with Gasteiger partial charge in [-0.2, -0.15) is 0 Å². The number of thioether (sulfide) groups is 1. The van der Waals surface area contributed by atoms with E-state index in [2.05, 4.69) is 5.32 Å². The highest BCUT2D eigenvalue weighted by Crippen LogP contribution is 2.35. The normalized spacial score (nSPS) is 16.3. The van der Waals surface area contributed by atoms with Crippen LogP contribution >= 0.6 is 24.0 Å². The molecule has 0 saturated carbocycles. The van der Waals surface area contributed by atoms with Gasteiger partial charge in [0.15, 0.2) is 0 Å². The predicted octanol–water partition coefficient (Wildman–Crippen LogP) is 2.45. The zero-order valence-corrected chi connectivity index (χ0v) is 17.4. The number of benzene rings is 1. The van der Waals surface area contributed by atoms with Gasteiger partial charge in [-0.1, -0.05) is 30.4 Å². The van der Waals surface area contributed by atoms with Gasteiger partial charge in [0.25, 0.3) is 5.91 Å². The number of thiocarbonyl (C=S) groups is 1. The number of hydrogen-bond donors (Lipinski definition) is 4. The lowest BCUT2D eigenvalue weighted by atomic mass is 10.1. The van der Waals surface area contributed by atoms with E-state index < -0.39 is 17.9 Å². The molecule has 0 spiro atoms. The zero-order valence-electron chi connectivity index (χ0n) is 15.8. The summed E-state index contributed by atoms with van der Waals surface area (Å²) in [6, 6.07) is 3.22. The molecule has 1 heterocycles. The number of phenolic OH excluding ortho intramolecular Hbond substituents is 2. The highest BCUT2D eigenvalue weighted by Gasteiger charge is 2.38. The SMILES string of the molecule is CC(C(=O)NCCCCCC(=O)O)N1C(=O)/C(=C/c2ccc(O)cc2O)SC1=S. The van der Waals surface area contributed by atoms with E-state index in [0.29, 0.717) is 31.4 Å². The molecule has 156 valence electrons. The van der Waals surface area contributed by atoms with Crippen LogP contribution in [0.15, 0.2) is 23.1 Å². The van der Waals surface area contributed by atoms with E-state index in [4.69, 9.17) is 17.3 Å². The summed E-state index contributed by atoms with van der Waals surface area (Å²) in [7, 11) is 0. The van der Waals surface area contributed by atoms with E-state index in [1.54, 1.807) is 6.92 Å². The van der Waals surface area contributed by atoms with Crippen LogP contribution in [-0.4, -0.2) is 54.9 Å². The number of aliphatic carboxylic acids is 1. The van der Waals surface area contributed by atoms with E-state index in [1.165, 1.54) is 29.2 Å². The Bertz CT molecular complexity index is 855. The first-order valence-corrected chi connectivity index (χ1v) is 10.2. The molecule has 29 heavy (non-hydrogen) atoms. The van der Waals surface area contributed by atoms with E-state index in [-0.39, 0.29) is 33.1 Å². The summed E-state index contributed by atoms with van der Waals surface area (Å²) in [4.78, 5) is 37.0. The van der Waals surface area contributed by atoms with Gasteiger partial charge < -0.3 is 20.6 Å². The Kier molecular flexibility index (Phi) is 8.03. The number of unbranched alkanes of at least 4 members (excludes halogenated alkanes) is 2. The van der Waals surface area contributed by atoms with Crippen LogP contribution in [0, 0.1) is 0 Å². The monoisotopic (exact) mass is 438 g/mol. The van der Waals surface area contributed by atoms with Gasteiger partial charge in [-0.25, -0.2) is 0 Å². The maximum Gasteiger partial charge on any atom is 0.303 e. The number of carboxylic acids is 1. The highest BCUT2D eigenvalue weighted by atomic mass is 32.2. The number of nitrogens with zero attached hydrogens (tertiary/aromatic N) is 1. The highest BCUT2D eigenvalue weighted by molar-refractivity contribution is 8.26. The summed E-state index contributed by atoms with van der Waals surface area (Å²) in [5.74, 6) is -1.90. The van der Waals surface area contributed by atoms with Crippen LogP contribution in [0.2, 0.25) is 0 Å². The van der Waals surface area contributed by atoms with Gasteiger partial charge >= 0.3 is 5.97 Å². The first-order chi connectivity index (χ1) is 13.7. The molecule has 1 aliphatic rings. The molecule has 1 atom stereocenters. The second-order valence-electron chi connectivity index (χ2n) is 6.47. The number of carbonyl (C=O) groups excluding carboxylic acids is 2. The van der Waals surface area contributed by atoms with Crippen LogP contribution in [0.3, 0.4) is 0 Å². The molecule has 0 aliphatic carbocycles. The van der Waals surface area contributed by atoms with E-state index in [0.717, 1.165) is 11.8 Å². The van der Waals surface area contributed by atoms with Gasteiger partial charge in [0.05, 0.1) is 4.91 Å². The van der Waals surface area contributed by atoms with Crippen molar-refractivity contribution in [2.24, 2.45) is 0 Å². The lowest BCUT2D eigenvalue weighted by Gasteiger charge is -2.22. The summed E-state index contributed by atoms with van der Waals surface area (Å²) in [6.07, 6.45) is 3.43. The molecule has 1 aromatic carbocycles. The summed E-state index contributed by atoms with van der Waals surface area (Å²) >= 11 is 6.28. The third kappa shape index (κ3) is 6.20. The van der Waals surface area contributed by atoms with Crippen LogP contribution in [0.1, 0.15) is 38.2 Å². The molecule has 1 aromatic rings. The topological polar surface area (TPSA) is 127 Å². The molecule has 2 amide bonds. The van der Waals surface area contributed by atoms with Crippen LogP contribution < -0.4 is 5.32 Å². The third-order valence-corrected chi connectivity index (χ3v) is 5.59. The molecule has 0 radical (unpaired) electrons. The third-order valence-electron chi connectivity index (χ3n) is 4.26. The second-order valence-corrected chi connectivity index (χ2v) is 8.14. The smallest absolute Gasteiger partial charge is 0.303 e. The standard InChI is InChI=1S/C19H22N2O6S2/c1-11(17(26)20-8-4-2-3-5-16(24)25)21-18(27)15(29-19(21)28)9-12-6-7-13(22)10-14(12)23/h6-7,9-11,22-23H,2-5,8H2,1H3,(H,20,26)(H,24,25)/b15-9-. The van der Waals surface area contributed by atoms with Crippen LogP contribution in [-0.2, 0) is 14.4 Å². The second kappa shape index (κ2) is 10.3. The molecule has 1 aliphatic heterocycles. The zero-order chi connectivity index (χ0) is 21.6. The number of phenols is 2. The van der Waals surface area contributed by atoms with Crippen molar-refractivity contribution in [1.82, 2.24) is 10.2 Å². The van der Waals surface area contributed by atoms with Crippen molar-refractivity contribution >= 4 is 52.2 Å². The summed E-state index contributed by atoms with van der Waals surface area (Å²) in [6.45, 7) is 1.96. The fourth-order valence-corrected chi connectivity index (χ4v) is 4.07. The minimum absolute atomic E-state index is 0.0968. The average molecular weight is 439 g/mol. The number of aromatic hydroxyl groups is 2. The Hall–Kier alpha value is -2.59. The van der Waals surface area contributed by atoms with E-state index in [9.17, 15) is 24.6 Å². The van der Waals surface area contributed by atoms with Crippen molar-refractivity contribution in [2.45, 2.75) is 38.6 Å². The minimum atomic E-state index is -0.842. The van der Waals surface area contributed by atoms with Crippen molar-refractivity contribution in [1.29, 1.82) is 0 Å². The fraction of sp³-hybridized carbons (Fsp3) is 0.368. The van der Waals surface area contributed by atoms with Gasteiger partial charge in [-0.15, -0.1) is 0 Å². The first kappa shape index (κ1) is 22.7. The summed E-state index contributed by atoms with van der Waals surface area (Å²) in [5, 5.41) is 30.6. The molecule has 1 saturated heterocycles. The molecular formula is C19H22N2O6S2. The lowest BCUT2D eigenvalue weighted by molar-refractivity contribution is -0.137. The van der Waals surface area contributed by atoms with Gasteiger partial charge in [-0.05, 0) is 38.0 Å². The van der Waals surface area contributed by atoms with Crippen molar-refractivity contribution in [3.63, 3.8) is 0 Å². The summed E-state index contributed by atoms with van der Waals surface area (Å²) < 4.78 is 0.239. The lowest BCUT2D eigenvalue weighted by Crippen LogP contribution is -2.47. The molecule has 0 aromatic heterocycles. The Morgan fingerprint density at radius 3 is 2.66 bits per heavy atom. The number of nitrogens with one attached hydrogen (secondary N) is 1. The van der Waals surface area contributed by atoms with Crippen molar-refractivity contribution in [2.75, 3.05) is 6.54 Å². The molecule has 1 unspecified atom stereocenters. The average Bonchev–Trinajstić information content (AvgIpc) is 2.92. The molecule has 0 bridgehead atoms. The van der Waals surface area contributed by atoms with Gasteiger partial charge in [0, 0.05) is 24.6 Å². The molecule has 10 heteroatoms. The number of rotatable bonds is 9. The Morgan fingerprint density at radius 1 is 1.28 bits per heavy atom. The van der Waals surface area contributed by atoms with Crippen LogP contribution in [0.4, 0.5) is 0 Å². The Morgan fingerprint density at radius 2 is 2.00 bits per heavy atom. The fourth-order valence-electron chi connectivity index (χ4n) is 2.66. The van der Waals surface area contributed by atoms with Gasteiger partial charge in [0.1, 0.15) is 21.9 Å². The van der Waals surface area contributed by atoms with Gasteiger partial charge in [-0.3, -0.25) is 19.3 Å². The summed E-state index contributed by atoms with van der Waals surface area (Å²) in [5.41, 5.74) is 0.349. The number of carbonyl (C=O) groups is 3. The van der Waals surface area contributed by atoms with Crippen molar-refractivity contribution in [3.8, 4) is 11.5 Å². The molecule has 8 nitrogen and oxygen atoms in total. The first-order valence-electron chi connectivity index (χ1n) is 8.99. The maximum atomic E-state index is 12.7. The largest absolute Gasteiger partial charge is 0.508 e. The maximum absolute atomic E-state index is 12.7. The molecule has 4 N–H and O–H groups in total. The van der Waals surface area contributed by atoms with E-state index >= 15 is 0 Å². The van der Waals surface area contributed by atoms with Crippen molar-refractivity contribution in [3.05, 3.63) is 28.7 Å².